The molecule has 2 aliphatic rings. The molecule has 1 N–H and O–H groups in total. The van der Waals surface area contributed by atoms with E-state index < -0.39 is 0 Å². The Morgan fingerprint density at radius 3 is 2.48 bits per heavy atom. The average Bonchev–Trinajstić information content (AvgIpc) is 2.94. The predicted molar refractivity (Wildman–Crippen MR) is 113 cm³/mol. The fourth-order valence-corrected chi connectivity index (χ4v) is 4.28. The van der Waals surface area contributed by atoms with Crippen LogP contribution >= 0.6 is 0 Å². The van der Waals surface area contributed by atoms with Gasteiger partial charge in [-0.2, -0.15) is 0 Å². The van der Waals surface area contributed by atoms with Gasteiger partial charge in [0.2, 0.25) is 11.8 Å². The number of allylic oxidation sites excluding steroid dienone is 2. The second-order valence-electron chi connectivity index (χ2n) is 8.00. The van der Waals surface area contributed by atoms with E-state index in [4.69, 9.17) is 0 Å². The van der Waals surface area contributed by atoms with Crippen LogP contribution < -0.4 is 10.2 Å². The van der Waals surface area contributed by atoms with Gasteiger partial charge < -0.3 is 5.32 Å². The molecule has 0 radical (unpaired) electrons. The molecule has 29 heavy (non-hydrogen) atoms. The highest BCUT2D eigenvalue weighted by Gasteiger charge is 2.49. The molecule has 2 atom stereocenters. The minimum atomic E-state index is -0.336. The number of carbonyl (C=O) groups is 3. The van der Waals surface area contributed by atoms with Gasteiger partial charge in [0.1, 0.15) is 0 Å². The van der Waals surface area contributed by atoms with Crippen LogP contribution in [-0.4, -0.2) is 17.7 Å². The van der Waals surface area contributed by atoms with Gasteiger partial charge in [-0.05, 0) is 57.4 Å². The minimum Gasteiger partial charge on any atom is -0.322 e. The van der Waals surface area contributed by atoms with E-state index in [1.807, 2.05) is 45.0 Å². The lowest BCUT2D eigenvalue weighted by Gasteiger charge is -2.19. The van der Waals surface area contributed by atoms with Crippen molar-refractivity contribution in [3.05, 3.63) is 70.8 Å². The van der Waals surface area contributed by atoms with Crippen molar-refractivity contribution in [2.24, 2.45) is 11.8 Å². The standard InChI is InChI=1S/C24H24N2O3/c1-14-9-11-20(16(3)12-14)25-22(27)18-6-4-5-7-21(18)26-23(28)17-10-8-15(2)13-19(17)24(26)29/h4-9,11-12,17,19H,10,13H2,1-3H3,(H,25,27)/t17-,19+/m1/s1. The highest BCUT2D eigenvalue weighted by Crippen LogP contribution is 2.40. The molecule has 0 aromatic heterocycles. The topological polar surface area (TPSA) is 66.5 Å². The first-order valence-electron chi connectivity index (χ1n) is 9.88. The lowest BCUT2D eigenvalue weighted by molar-refractivity contribution is -0.122. The van der Waals surface area contributed by atoms with Crippen molar-refractivity contribution >= 4 is 29.1 Å². The number of carbonyl (C=O) groups excluding carboxylic acids is 3. The number of hydrogen-bond acceptors (Lipinski definition) is 3. The van der Waals surface area contributed by atoms with E-state index >= 15 is 0 Å². The Kier molecular flexibility index (Phi) is 4.82. The molecule has 3 amide bonds. The Labute approximate surface area is 170 Å². The van der Waals surface area contributed by atoms with Gasteiger partial charge in [0, 0.05) is 5.69 Å². The monoisotopic (exact) mass is 388 g/mol. The summed E-state index contributed by atoms with van der Waals surface area (Å²) in [6, 6.07) is 12.6. The van der Waals surface area contributed by atoms with Crippen molar-refractivity contribution in [2.75, 3.05) is 10.2 Å². The number of nitrogens with zero attached hydrogens (tertiary/aromatic N) is 1. The van der Waals surface area contributed by atoms with Crippen molar-refractivity contribution in [1.82, 2.24) is 0 Å². The Morgan fingerprint density at radius 2 is 1.72 bits per heavy atom. The molecule has 1 saturated heterocycles. The van der Waals surface area contributed by atoms with Crippen LogP contribution in [0.5, 0.6) is 0 Å². The first-order chi connectivity index (χ1) is 13.9. The zero-order valence-electron chi connectivity index (χ0n) is 16.9. The molecule has 5 nitrogen and oxygen atoms in total. The smallest absolute Gasteiger partial charge is 0.257 e. The number of para-hydroxylation sites is 1. The van der Waals surface area contributed by atoms with Gasteiger partial charge in [-0.15, -0.1) is 0 Å². The molecule has 4 rings (SSSR count). The third-order valence-corrected chi connectivity index (χ3v) is 5.84. The van der Waals surface area contributed by atoms with Gasteiger partial charge in [0.05, 0.1) is 23.1 Å². The van der Waals surface area contributed by atoms with Crippen molar-refractivity contribution in [3.63, 3.8) is 0 Å². The molecule has 1 aliphatic carbocycles. The highest BCUT2D eigenvalue weighted by atomic mass is 16.2. The normalized spacial score (nSPS) is 21.1. The average molecular weight is 388 g/mol. The van der Waals surface area contributed by atoms with Crippen LogP contribution in [-0.2, 0) is 9.59 Å². The Hall–Kier alpha value is -3.21. The van der Waals surface area contributed by atoms with Crippen molar-refractivity contribution in [2.45, 2.75) is 33.6 Å². The van der Waals surface area contributed by atoms with E-state index in [-0.39, 0.29) is 29.6 Å². The van der Waals surface area contributed by atoms with Crippen LogP contribution in [0.4, 0.5) is 11.4 Å². The Balaban J connectivity index is 1.66. The number of rotatable bonds is 3. The van der Waals surface area contributed by atoms with E-state index in [9.17, 15) is 14.4 Å². The molecule has 0 spiro atoms. The van der Waals surface area contributed by atoms with E-state index in [2.05, 4.69) is 5.32 Å². The molecule has 2 aromatic carbocycles. The predicted octanol–water partition coefficient (Wildman–Crippen LogP) is 4.40. The minimum absolute atomic E-state index is 0.209. The summed E-state index contributed by atoms with van der Waals surface area (Å²) in [6.07, 6.45) is 3.21. The summed E-state index contributed by atoms with van der Waals surface area (Å²) in [5, 5.41) is 2.92. The summed E-state index contributed by atoms with van der Waals surface area (Å²) in [5.74, 6) is -1.42. The van der Waals surface area contributed by atoms with E-state index in [0.717, 1.165) is 16.7 Å². The number of benzene rings is 2. The number of aryl methyl sites for hydroxylation is 2. The van der Waals surface area contributed by atoms with E-state index in [1.54, 1.807) is 24.3 Å². The molecule has 1 fully saturated rings. The third-order valence-electron chi connectivity index (χ3n) is 5.84. The van der Waals surface area contributed by atoms with Gasteiger partial charge in [-0.1, -0.05) is 41.5 Å². The number of imide groups is 1. The number of amides is 3. The van der Waals surface area contributed by atoms with Crippen LogP contribution in [0.1, 0.15) is 41.3 Å². The van der Waals surface area contributed by atoms with Crippen LogP contribution in [0.25, 0.3) is 0 Å². The molecule has 1 heterocycles. The quantitative estimate of drug-likeness (QED) is 0.626. The highest BCUT2D eigenvalue weighted by molar-refractivity contribution is 6.25. The van der Waals surface area contributed by atoms with Crippen molar-refractivity contribution < 1.29 is 14.4 Å². The van der Waals surface area contributed by atoms with Gasteiger partial charge in [-0.3, -0.25) is 14.4 Å². The summed E-state index contributed by atoms with van der Waals surface area (Å²) in [7, 11) is 0. The zero-order valence-corrected chi connectivity index (χ0v) is 16.9. The Bertz CT molecular complexity index is 1050. The van der Waals surface area contributed by atoms with E-state index in [0.29, 0.717) is 29.8 Å². The number of anilines is 2. The van der Waals surface area contributed by atoms with Gasteiger partial charge in [-0.25, -0.2) is 4.90 Å². The zero-order chi connectivity index (χ0) is 20.7. The molecular formula is C24H24N2O3. The first kappa shape index (κ1) is 19.1. The maximum absolute atomic E-state index is 13.1. The summed E-state index contributed by atoms with van der Waals surface area (Å²) in [4.78, 5) is 40.4. The summed E-state index contributed by atoms with van der Waals surface area (Å²) in [5.41, 5.74) is 4.59. The maximum atomic E-state index is 13.1. The van der Waals surface area contributed by atoms with E-state index in [1.165, 1.54) is 4.90 Å². The molecule has 2 aromatic rings. The lowest BCUT2D eigenvalue weighted by Crippen LogP contribution is -2.33. The second-order valence-corrected chi connectivity index (χ2v) is 8.00. The number of hydrogen-bond donors (Lipinski definition) is 1. The van der Waals surface area contributed by atoms with Crippen molar-refractivity contribution in [3.8, 4) is 0 Å². The molecule has 0 saturated carbocycles. The lowest BCUT2D eigenvalue weighted by atomic mass is 9.82. The molecule has 148 valence electrons. The fourth-order valence-electron chi connectivity index (χ4n) is 4.28. The Morgan fingerprint density at radius 1 is 1.00 bits per heavy atom. The van der Waals surface area contributed by atoms with Crippen LogP contribution in [0, 0.1) is 25.7 Å². The third kappa shape index (κ3) is 3.37. The SMILES string of the molecule is CC1=CC[C@H]2C(=O)N(c3ccccc3C(=O)Nc3ccc(C)cc3C)C(=O)[C@H]2C1. The fraction of sp³-hybridized carbons (Fsp3) is 0.292. The first-order valence-corrected chi connectivity index (χ1v) is 9.88. The number of nitrogens with one attached hydrogen (secondary N) is 1. The summed E-state index contributed by atoms with van der Waals surface area (Å²) in [6.45, 7) is 5.92. The molecule has 1 aliphatic heterocycles. The summed E-state index contributed by atoms with van der Waals surface area (Å²) < 4.78 is 0. The van der Waals surface area contributed by atoms with Crippen LogP contribution in [0.3, 0.4) is 0 Å². The van der Waals surface area contributed by atoms with Gasteiger partial charge >= 0.3 is 0 Å². The van der Waals surface area contributed by atoms with Crippen LogP contribution in [0.15, 0.2) is 54.1 Å². The van der Waals surface area contributed by atoms with Crippen molar-refractivity contribution in [1.29, 1.82) is 0 Å². The molecule has 0 unspecified atom stereocenters. The second kappa shape index (κ2) is 7.32. The van der Waals surface area contributed by atoms with Gasteiger partial charge in [0.15, 0.2) is 0 Å². The molecule has 5 heteroatoms. The van der Waals surface area contributed by atoms with Crippen LogP contribution in [0.2, 0.25) is 0 Å². The largest absolute Gasteiger partial charge is 0.322 e. The number of fused-ring (bicyclic) bond motifs is 1. The maximum Gasteiger partial charge on any atom is 0.257 e. The van der Waals surface area contributed by atoms with Gasteiger partial charge in [0.25, 0.3) is 5.91 Å². The molecule has 0 bridgehead atoms. The summed E-state index contributed by atoms with van der Waals surface area (Å²) >= 11 is 0. The molecular weight excluding hydrogens is 364 g/mol.